The first-order valence-electron chi connectivity index (χ1n) is 3.70. The van der Waals surface area contributed by atoms with Crippen molar-refractivity contribution < 1.29 is 4.79 Å². The monoisotopic (exact) mass is 218 g/mol. The predicted octanol–water partition coefficient (Wildman–Crippen LogP) is 1.70. The summed E-state index contributed by atoms with van der Waals surface area (Å²) in [6.07, 6.45) is 1.53. The minimum absolute atomic E-state index is 0.203. The van der Waals surface area contributed by atoms with Crippen LogP contribution in [0.2, 0.25) is 5.15 Å². The summed E-state index contributed by atoms with van der Waals surface area (Å²) < 4.78 is 0. The summed E-state index contributed by atoms with van der Waals surface area (Å²) in [6.45, 7) is 0.422. The van der Waals surface area contributed by atoms with Crippen molar-refractivity contribution in [1.29, 1.82) is 0 Å². The number of carbonyl (C=O) groups excluding carboxylic acids is 1. The number of amides is 1. The highest BCUT2D eigenvalue weighted by molar-refractivity contribution is 6.32. The van der Waals surface area contributed by atoms with Crippen LogP contribution < -0.4 is 5.32 Å². The predicted molar refractivity (Wildman–Crippen MR) is 52.3 cm³/mol. The number of alkyl halides is 1. The molecule has 5 heteroatoms. The van der Waals surface area contributed by atoms with Crippen LogP contribution >= 0.6 is 23.2 Å². The average Bonchev–Trinajstić information content (AvgIpc) is 2.15. The highest BCUT2D eigenvalue weighted by Crippen LogP contribution is 2.10. The molecule has 1 aromatic heterocycles. The molecule has 0 aliphatic carbocycles. The van der Waals surface area contributed by atoms with Crippen LogP contribution in [0.5, 0.6) is 0 Å². The summed E-state index contributed by atoms with van der Waals surface area (Å²) in [5, 5.41) is 2.80. The van der Waals surface area contributed by atoms with Gasteiger partial charge in [0, 0.05) is 18.6 Å². The molecule has 0 atom stereocenters. The first kappa shape index (κ1) is 10.3. The molecule has 0 unspecified atom stereocenters. The van der Waals surface area contributed by atoms with Gasteiger partial charge < -0.3 is 5.32 Å². The fourth-order valence-corrected chi connectivity index (χ4v) is 1.11. The van der Waals surface area contributed by atoms with E-state index in [-0.39, 0.29) is 11.1 Å². The molecular formula is C8H8Cl2N2O. The maximum Gasteiger partial charge on any atom is 0.254 e. The normalized spacial score (nSPS) is 9.69. The third-order valence-corrected chi connectivity index (χ3v) is 1.87. The molecule has 0 bridgehead atoms. The van der Waals surface area contributed by atoms with Crippen molar-refractivity contribution in [2.75, 3.05) is 12.4 Å². The largest absolute Gasteiger partial charge is 0.351 e. The van der Waals surface area contributed by atoms with E-state index in [1.165, 1.54) is 6.20 Å². The van der Waals surface area contributed by atoms with Crippen LogP contribution in [0.3, 0.4) is 0 Å². The van der Waals surface area contributed by atoms with Gasteiger partial charge in [-0.05, 0) is 12.1 Å². The molecule has 0 aromatic carbocycles. The van der Waals surface area contributed by atoms with Gasteiger partial charge in [-0.15, -0.1) is 11.6 Å². The van der Waals surface area contributed by atoms with Crippen LogP contribution in [0, 0.1) is 0 Å². The molecule has 1 heterocycles. The van der Waals surface area contributed by atoms with Crippen LogP contribution in [0.4, 0.5) is 0 Å². The van der Waals surface area contributed by atoms with Crippen LogP contribution in [0.15, 0.2) is 18.3 Å². The molecule has 1 rings (SSSR count). The zero-order chi connectivity index (χ0) is 9.68. The third kappa shape index (κ3) is 2.86. The van der Waals surface area contributed by atoms with Gasteiger partial charge in [0.2, 0.25) is 0 Å². The number of halogens is 2. The van der Waals surface area contributed by atoms with Crippen molar-refractivity contribution in [3.63, 3.8) is 0 Å². The summed E-state index contributed by atoms with van der Waals surface area (Å²) in [7, 11) is 0. The Hall–Kier alpha value is -0.800. The van der Waals surface area contributed by atoms with E-state index in [2.05, 4.69) is 10.3 Å². The molecule has 3 nitrogen and oxygen atoms in total. The lowest BCUT2D eigenvalue weighted by molar-refractivity contribution is 0.0956. The molecule has 13 heavy (non-hydrogen) atoms. The number of hydrogen-bond donors (Lipinski definition) is 1. The summed E-state index contributed by atoms with van der Waals surface area (Å²) in [4.78, 5) is 15.1. The number of aromatic nitrogens is 1. The Kier molecular flexibility index (Phi) is 3.99. The molecule has 0 aliphatic heterocycles. The second kappa shape index (κ2) is 5.04. The molecule has 1 amide bonds. The van der Waals surface area contributed by atoms with E-state index in [1.807, 2.05) is 0 Å². The van der Waals surface area contributed by atoms with Crippen molar-refractivity contribution in [1.82, 2.24) is 10.3 Å². The minimum Gasteiger partial charge on any atom is -0.351 e. The number of rotatable bonds is 3. The van der Waals surface area contributed by atoms with Gasteiger partial charge >= 0.3 is 0 Å². The van der Waals surface area contributed by atoms with Gasteiger partial charge in [0.25, 0.3) is 5.91 Å². The van der Waals surface area contributed by atoms with E-state index in [0.29, 0.717) is 18.0 Å². The van der Waals surface area contributed by atoms with Crippen molar-refractivity contribution in [3.05, 3.63) is 29.0 Å². The third-order valence-electron chi connectivity index (χ3n) is 1.38. The van der Waals surface area contributed by atoms with Crippen molar-refractivity contribution in [3.8, 4) is 0 Å². The van der Waals surface area contributed by atoms with E-state index in [0.717, 1.165) is 0 Å². The Bertz CT molecular complexity index is 304. The second-order valence-electron chi connectivity index (χ2n) is 2.29. The Labute approximate surface area is 86.1 Å². The average molecular weight is 219 g/mol. The summed E-state index contributed by atoms with van der Waals surface area (Å²) >= 11 is 11.1. The number of hydrogen-bond acceptors (Lipinski definition) is 2. The molecule has 1 N–H and O–H groups in total. The number of carbonyl (C=O) groups is 1. The van der Waals surface area contributed by atoms with Gasteiger partial charge in [-0.2, -0.15) is 0 Å². The lowest BCUT2D eigenvalue weighted by Crippen LogP contribution is -2.25. The zero-order valence-corrected chi connectivity index (χ0v) is 8.27. The van der Waals surface area contributed by atoms with Crippen molar-refractivity contribution >= 4 is 29.1 Å². The maximum atomic E-state index is 11.3. The molecule has 0 fully saturated rings. The van der Waals surface area contributed by atoms with Crippen molar-refractivity contribution in [2.45, 2.75) is 0 Å². The maximum absolute atomic E-state index is 11.3. The van der Waals surface area contributed by atoms with Gasteiger partial charge in [-0.1, -0.05) is 11.6 Å². The summed E-state index contributed by atoms with van der Waals surface area (Å²) in [5.41, 5.74) is 0.370. The first-order valence-corrected chi connectivity index (χ1v) is 4.61. The first-order chi connectivity index (χ1) is 6.25. The number of nitrogens with one attached hydrogen (secondary N) is 1. The smallest absolute Gasteiger partial charge is 0.254 e. The van der Waals surface area contributed by atoms with Gasteiger partial charge in [0.1, 0.15) is 5.15 Å². The molecule has 0 aliphatic rings. The quantitative estimate of drug-likeness (QED) is 0.621. The number of pyridine rings is 1. The molecule has 70 valence electrons. The van der Waals surface area contributed by atoms with Gasteiger partial charge in [0.15, 0.2) is 0 Å². The van der Waals surface area contributed by atoms with E-state index in [9.17, 15) is 4.79 Å². The second-order valence-corrected chi connectivity index (χ2v) is 3.02. The Balaban J connectivity index is 2.71. The van der Waals surface area contributed by atoms with Gasteiger partial charge in [0.05, 0.1) is 5.56 Å². The fraction of sp³-hybridized carbons (Fsp3) is 0.250. The molecule has 0 spiro atoms. The van der Waals surface area contributed by atoms with Crippen LogP contribution in [-0.4, -0.2) is 23.3 Å². The lowest BCUT2D eigenvalue weighted by Gasteiger charge is -2.03. The summed E-state index contributed by atoms with van der Waals surface area (Å²) in [5.74, 6) is 0.127. The van der Waals surface area contributed by atoms with Gasteiger partial charge in [-0.25, -0.2) is 4.98 Å². The molecule has 0 saturated heterocycles. The van der Waals surface area contributed by atoms with E-state index in [4.69, 9.17) is 23.2 Å². The number of nitrogens with zero attached hydrogens (tertiary/aromatic N) is 1. The highest BCUT2D eigenvalue weighted by Gasteiger charge is 2.08. The molecule has 1 aromatic rings. The van der Waals surface area contributed by atoms with E-state index in [1.54, 1.807) is 12.1 Å². The van der Waals surface area contributed by atoms with Crippen LogP contribution in [0.1, 0.15) is 10.4 Å². The fourth-order valence-electron chi connectivity index (χ4n) is 0.811. The lowest BCUT2D eigenvalue weighted by atomic mass is 10.3. The van der Waals surface area contributed by atoms with Crippen LogP contribution in [0.25, 0.3) is 0 Å². The van der Waals surface area contributed by atoms with Gasteiger partial charge in [-0.3, -0.25) is 4.79 Å². The van der Waals surface area contributed by atoms with E-state index < -0.39 is 0 Å². The topological polar surface area (TPSA) is 42.0 Å². The Morgan fingerprint density at radius 1 is 1.62 bits per heavy atom. The van der Waals surface area contributed by atoms with E-state index >= 15 is 0 Å². The minimum atomic E-state index is -0.251. The highest BCUT2D eigenvalue weighted by atomic mass is 35.5. The Morgan fingerprint density at radius 3 is 3.00 bits per heavy atom. The molecule has 0 radical (unpaired) electrons. The standard InChI is InChI=1S/C8H8Cl2N2O/c9-3-5-12-8(13)6-2-1-4-11-7(6)10/h1-2,4H,3,5H2,(H,12,13). The Morgan fingerprint density at radius 2 is 2.38 bits per heavy atom. The molecular weight excluding hydrogens is 211 g/mol. The van der Waals surface area contributed by atoms with Crippen molar-refractivity contribution in [2.24, 2.45) is 0 Å². The van der Waals surface area contributed by atoms with Crippen LogP contribution in [-0.2, 0) is 0 Å². The zero-order valence-electron chi connectivity index (χ0n) is 6.76. The molecule has 0 saturated carbocycles. The SMILES string of the molecule is O=C(NCCCl)c1cccnc1Cl. The summed E-state index contributed by atoms with van der Waals surface area (Å²) in [6, 6.07) is 3.26.